The molecule has 1 saturated heterocycles. The number of carbonyl (C=O) groups is 1. The number of nitrogens with one attached hydrogen (secondary N) is 1. The highest BCUT2D eigenvalue weighted by molar-refractivity contribution is 7.20. The van der Waals surface area contributed by atoms with Gasteiger partial charge in [0.2, 0.25) is 11.7 Å². The molecule has 1 fully saturated rings. The Kier molecular flexibility index (Phi) is 10.6. The normalized spacial score (nSPS) is 15.0. The topological polar surface area (TPSA) is 94.1 Å². The molecule has 1 aliphatic heterocycles. The lowest BCUT2D eigenvalue weighted by Crippen LogP contribution is -2.38. The first-order valence-corrected chi connectivity index (χ1v) is 11.7. The summed E-state index contributed by atoms with van der Waals surface area (Å²) < 4.78 is 7.66. The minimum atomic E-state index is -0.0898. The highest BCUT2D eigenvalue weighted by Crippen LogP contribution is 2.32. The number of aliphatic imine (C=N–C) groups is 1. The third-order valence-electron chi connectivity index (χ3n) is 4.85. The van der Waals surface area contributed by atoms with E-state index in [1.165, 1.54) is 24.0 Å². The van der Waals surface area contributed by atoms with E-state index in [-0.39, 0.29) is 11.7 Å². The van der Waals surface area contributed by atoms with Gasteiger partial charge in [-0.2, -0.15) is 5.90 Å². The number of hydrogen-bond donors (Lipinski definition) is 2. The van der Waals surface area contributed by atoms with Gasteiger partial charge in [0.25, 0.3) is 0 Å². The van der Waals surface area contributed by atoms with E-state index in [0.29, 0.717) is 10.5 Å². The van der Waals surface area contributed by atoms with Crippen LogP contribution in [0.4, 0.5) is 5.82 Å². The van der Waals surface area contributed by atoms with Crippen LogP contribution in [0.25, 0.3) is 10.2 Å². The van der Waals surface area contributed by atoms with E-state index >= 15 is 0 Å². The summed E-state index contributed by atoms with van der Waals surface area (Å²) in [4.78, 5) is 25.4. The second-order valence-electron chi connectivity index (χ2n) is 7.31. The first-order valence-electron chi connectivity index (χ1n) is 10.9. The molecule has 0 bridgehead atoms. The maximum atomic E-state index is 12.9. The molecule has 8 nitrogen and oxygen atoms in total. The molecule has 1 aliphatic rings. The highest BCUT2D eigenvalue weighted by atomic mass is 32.1. The number of fused-ring (bicyclic) bond motifs is 1. The maximum Gasteiger partial charge on any atom is 0.230 e. The summed E-state index contributed by atoms with van der Waals surface area (Å²) >= 11 is 1.49. The van der Waals surface area contributed by atoms with Gasteiger partial charge in [-0.15, -0.1) is 11.3 Å². The van der Waals surface area contributed by atoms with Crippen LogP contribution in [-0.4, -0.2) is 61.4 Å². The summed E-state index contributed by atoms with van der Waals surface area (Å²) in [6, 6.07) is 4.01. The second kappa shape index (κ2) is 13.2. The average molecular weight is 462 g/mol. The van der Waals surface area contributed by atoms with Crippen LogP contribution < -0.4 is 11.2 Å². The van der Waals surface area contributed by atoms with E-state index in [9.17, 15) is 4.79 Å². The maximum absolute atomic E-state index is 12.9. The molecule has 2 aromatic heterocycles. The molecule has 3 N–H and O–H groups in total. The Balaban J connectivity index is 0.00000114. The Morgan fingerprint density at radius 2 is 2.03 bits per heavy atom. The Morgan fingerprint density at radius 1 is 1.34 bits per heavy atom. The zero-order chi connectivity index (χ0) is 23.5. The van der Waals surface area contributed by atoms with Gasteiger partial charge in [0, 0.05) is 50.4 Å². The van der Waals surface area contributed by atoms with Crippen molar-refractivity contribution in [1.29, 1.82) is 0 Å². The molecule has 3 heterocycles. The number of anilines is 1. The Morgan fingerprint density at radius 3 is 2.62 bits per heavy atom. The first kappa shape index (κ1) is 25.8. The minimum absolute atomic E-state index is 0.0432. The number of nitrogens with zero attached hydrogens (tertiary/aromatic N) is 3. The SMILES string of the molecule is C=C(/N=C\C(=C/C)C(=O)c1cc2cc(NC)n(CCN3CCOCC3)c2s1)ON.CCC. The van der Waals surface area contributed by atoms with Crippen LogP contribution in [0.1, 0.15) is 36.9 Å². The van der Waals surface area contributed by atoms with Gasteiger partial charge in [0.1, 0.15) is 10.6 Å². The third-order valence-corrected chi connectivity index (χ3v) is 6.02. The van der Waals surface area contributed by atoms with Gasteiger partial charge >= 0.3 is 0 Å². The number of rotatable bonds is 9. The number of nitrogens with two attached hydrogens (primary N) is 1. The molecule has 176 valence electrons. The van der Waals surface area contributed by atoms with Crippen molar-refractivity contribution in [2.24, 2.45) is 10.9 Å². The summed E-state index contributed by atoms with van der Waals surface area (Å²) in [6.07, 6.45) is 4.39. The van der Waals surface area contributed by atoms with E-state index in [1.54, 1.807) is 13.0 Å². The molecule has 3 rings (SSSR count). The van der Waals surface area contributed by atoms with Crippen molar-refractivity contribution in [3.8, 4) is 0 Å². The Bertz CT molecular complexity index is 954. The van der Waals surface area contributed by atoms with E-state index in [4.69, 9.17) is 10.6 Å². The number of Topliss-reactive ketones (excluding diaryl/α,β-unsaturated/α-hetero) is 1. The smallest absolute Gasteiger partial charge is 0.230 e. The first-order chi connectivity index (χ1) is 15.5. The van der Waals surface area contributed by atoms with Crippen LogP contribution in [0, 0.1) is 0 Å². The number of morpholine rings is 1. The van der Waals surface area contributed by atoms with Crippen LogP contribution >= 0.6 is 11.3 Å². The van der Waals surface area contributed by atoms with Gasteiger partial charge in [0.05, 0.1) is 18.1 Å². The van der Waals surface area contributed by atoms with Crippen molar-refractivity contribution >= 4 is 39.4 Å². The molecular formula is C23H35N5O3S. The zero-order valence-corrected chi connectivity index (χ0v) is 20.3. The number of aromatic nitrogens is 1. The van der Waals surface area contributed by atoms with Crippen molar-refractivity contribution in [3.05, 3.63) is 41.1 Å². The minimum Gasteiger partial charge on any atom is -0.392 e. The van der Waals surface area contributed by atoms with Crippen LogP contribution in [-0.2, 0) is 16.1 Å². The number of ether oxygens (including phenoxy) is 1. The van der Waals surface area contributed by atoms with Gasteiger partial charge in [-0.1, -0.05) is 26.3 Å². The number of carbonyl (C=O) groups excluding carboxylic acids is 1. The van der Waals surface area contributed by atoms with Crippen molar-refractivity contribution in [1.82, 2.24) is 9.47 Å². The van der Waals surface area contributed by atoms with Crippen molar-refractivity contribution < 1.29 is 14.4 Å². The predicted octanol–water partition coefficient (Wildman–Crippen LogP) is 4.05. The van der Waals surface area contributed by atoms with Crippen molar-refractivity contribution in [3.63, 3.8) is 0 Å². The zero-order valence-electron chi connectivity index (χ0n) is 19.5. The average Bonchev–Trinajstić information content (AvgIpc) is 3.37. The van der Waals surface area contributed by atoms with E-state index in [0.717, 1.165) is 55.4 Å². The van der Waals surface area contributed by atoms with Crippen LogP contribution in [0.5, 0.6) is 0 Å². The lowest BCUT2D eigenvalue weighted by Gasteiger charge is -2.27. The number of allylic oxidation sites excluding steroid dienone is 2. The molecule has 0 saturated carbocycles. The second-order valence-corrected chi connectivity index (χ2v) is 8.34. The van der Waals surface area contributed by atoms with E-state index in [1.807, 2.05) is 13.1 Å². The lowest BCUT2D eigenvalue weighted by atomic mass is 10.1. The molecule has 0 aromatic carbocycles. The van der Waals surface area contributed by atoms with Crippen molar-refractivity contribution in [2.75, 3.05) is 45.2 Å². The number of thiophene rings is 1. The van der Waals surface area contributed by atoms with Gasteiger partial charge in [-0.05, 0) is 25.6 Å². The molecule has 2 aromatic rings. The third kappa shape index (κ3) is 6.77. The molecule has 32 heavy (non-hydrogen) atoms. The Labute approximate surface area is 194 Å². The molecule has 0 spiro atoms. The molecule has 0 amide bonds. The van der Waals surface area contributed by atoms with Gasteiger partial charge in [-0.25, -0.2) is 4.99 Å². The molecular weight excluding hydrogens is 426 g/mol. The fourth-order valence-corrected chi connectivity index (χ4v) is 4.37. The molecule has 9 heteroatoms. The van der Waals surface area contributed by atoms with Crippen LogP contribution in [0.3, 0.4) is 0 Å². The fraction of sp³-hybridized carbons (Fsp3) is 0.478. The number of ketones is 1. The summed E-state index contributed by atoms with van der Waals surface area (Å²) in [5, 5.41) is 4.30. The standard InChI is InChI=1S/C20H27N5O3S.C3H8/c1-4-15(13-23-14(2)28-21)19(26)17-11-16-12-18(22-3)25(20(16)29-17)6-5-24-7-9-27-10-8-24;1-3-2/h4,11-13,22H,2,5-10,21H2,1,3H3;3H2,1-2H3/b15-4+,23-13-;. The van der Waals surface area contributed by atoms with Gasteiger partial charge in [-0.3, -0.25) is 9.69 Å². The largest absolute Gasteiger partial charge is 0.392 e. The van der Waals surface area contributed by atoms with Crippen LogP contribution in [0.15, 0.2) is 41.2 Å². The summed E-state index contributed by atoms with van der Waals surface area (Å²) in [5.74, 6) is 6.01. The fourth-order valence-electron chi connectivity index (χ4n) is 3.23. The molecule has 0 unspecified atom stereocenters. The van der Waals surface area contributed by atoms with Gasteiger partial charge < -0.3 is 19.5 Å². The van der Waals surface area contributed by atoms with E-state index in [2.05, 4.69) is 51.1 Å². The summed E-state index contributed by atoms with van der Waals surface area (Å²) in [5.41, 5.74) is 0.459. The molecule has 0 atom stereocenters. The Hall–Kier alpha value is -2.46. The molecule has 0 aliphatic carbocycles. The van der Waals surface area contributed by atoms with Crippen LogP contribution in [0.2, 0.25) is 0 Å². The van der Waals surface area contributed by atoms with E-state index < -0.39 is 0 Å². The summed E-state index contributed by atoms with van der Waals surface area (Å²) in [7, 11) is 1.91. The van der Waals surface area contributed by atoms with Gasteiger partial charge in [0.15, 0.2) is 0 Å². The predicted molar refractivity (Wildman–Crippen MR) is 134 cm³/mol. The molecule has 0 radical (unpaired) electrons. The monoisotopic (exact) mass is 461 g/mol. The van der Waals surface area contributed by atoms with Crippen molar-refractivity contribution in [2.45, 2.75) is 33.7 Å². The quantitative estimate of drug-likeness (QED) is 0.192. The highest BCUT2D eigenvalue weighted by Gasteiger charge is 2.19. The summed E-state index contributed by atoms with van der Waals surface area (Å²) in [6.45, 7) is 14.8. The number of hydrogen-bond acceptors (Lipinski definition) is 8. The lowest BCUT2D eigenvalue weighted by molar-refractivity contribution is 0.0366.